The van der Waals surface area contributed by atoms with Crippen LogP contribution in [0.2, 0.25) is 0 Å². The van der Waals surface area contributed by atoms with Gasteiger partial charge in [-0.1, -0.05) is 5.92 Å². The fourth-order valence-corrected chi connectivity index (χ4v) is 3.35. The highest BCUT2D eigenvalue weighted by Crippen LogP contribution is 2.19. The molecule has 114 valence electrons. The second kappa shape index (κ2) is 7.93. The summed E-state index contributed by atoms with van der Waals surface area (Å²) in [5.41, 5.74) is 5.75. The second-order valence-corrected chi connectivity index (χ2v) is 6.74. The number of hydrogen-bond donors (Lipinski definition) is 2. The Bertz CT molecular complexity index is 651. The number of hydrogen-bond acceptors (Lipinski definition) is 6. The molecule has 21 heavy (non-hydrogen) atoms. The number of nitrogens with two attached hydrogens (primary N) is 1. The first-order chi connectivity index (χ1) is 9.92. The average molecular weight is 328 g/mol. The Morgan fingerprint density at radius 2 is 2.24 bits per heavy atom. The van der Waals surface area contributed by atoms with E-state index < -0.39 is 16.0 Å². The van der Waals surface area contributed by atoms with Crippen LogP contribution in [0.5, 0.6) is 0 Å². The molecule has 0 aliphatic rings. The van der Waals surface area contributed by atoms with Crippen molar-refractivity contribution in [1.29, 1.82) is 0 Å². The Kier molecular flexibility index (Phi) is 6.55. The van der Waals surface area contributed by atoms with E-state index in [9.17, 15) is 13.2 Å². The van der Waals surface area contributed by atoms with E-state index in [1.807, 2.05) is 0 Å². The number of thioether (sulfide) groups is 1. The van der Waals surface area contributed by atoms with Gasteiger partial charge in [-0.25, -0.2) is 17.9 Å². The van der Waals surface area contributed by atoms with Crippen LogP contribution in [0.15, 0.2) is 23.1 Å². The van der Waals surface area contributed by atoms with Gasteiger partial charge in [-0.15, -0.1) is 18.2 Å². The van der Waals surface area contributed by atoms with E-state index in [1.54, 1.807) is 0 Å². The number of terminal acetylenes is 1. The van der Waals surface area contributed by atoms with Gasteiger partial charge >= 0.3 is 5.97 Å². The molecule has 0 saturated heterocycles. The topological polar surface area (TPSA) is 98.5 Å². The van der Waals surface area contributed by atoms with Crippen LogP contribution in [-0.2, 0) is 14.8 Å². The van der Waals surface area contributed by atoms with E-state index in [0.29, 0.717) is 11.5 Å². The van der Waals surface area contributed by atoms with E-state index in [1.165, 1.54) is 37.1 Å². The molecular formula is C13H16N2O4S2. The zero-order chi connectivity index (χ0) is 15.9. The molecule has 0 spiro atoms. The van der Waals surface area contributed by atoms with Crippen LogP contribution in [0.4, 0.5) is 5.69 Å². The van der Waals surface area contributed by atoms with Crippen molar-refractivity contribution in [2.75, 3.05) is 30.9 Å². The van der Waals surface area contributed by atoms with Crippen molar-refractivity contribution >= 4 is 33.4 Å². The van der Waals surface area contributed by atoms with Gasteiger partial charge in [0.1, 0.15) is 0 Å². The molecular weight excluding hydrogens is 312 g/mol. The minimum absolute atomic E-state index is 0.0960. The minimum Gasteiger partial charge on any atom is -0.465 e. The van der Waals surface area contributed by atoms with Gasteiger partial charge in [0.25, 0.3) is 0 Å². The Morgan fingerprint density at radius 3 is 2.86 bits per heavy atom. The van der Waals surface area contributed by atoms with E-state index in [2.05, 4.69) is 15.4 Å². The molecule has 0 unspecified atom stereocenters. The second-order valence-electron chi connectivity index (χ2n) is 3.90. The van der Waals surface area contributed by atoms with Crippen LogP contribution in [0.3, 0.4) is 0 Å². The molecule has 0 radical (unpaired) electrons. The fourth-order valence-electron chi connectivity index (χ4n) is 1.51. The zero-order valence-corrected chi connectivity index (χ0v) is 13.1. The van der Waals surface area contributed by atoms with Crippen molar-refractivity contribution in [3.63, 3.8) is 0 Å². The highest BCUT2D eigenvalue weighted by Gasteiger charge is 2.22. The lowest BCUT2D eigenvalue weighted by molar-refractivity contribution is 0.0596. The van der Waals surface area contributed by atoms with Gasteiger partial charge in [-0.2, -0.15) is 0 Å². The third-order valence-electron chi connectivity index (χ3n) is 2.42. The van der Waals surface area contributed by atoms with E-state index >= 15 is 0 Å². The summed E-state index contributed by atoms with van der Waals surface area (Å²) in [6, 6.07) is 3.96. The maximum Gasteiger partial charge on any atom is 0.339 e. The number of carbonyl (C=O) groups is 1. The third-order valence-corrected chi connectivity index (χ3v) is 4.81. The van der Waals surface area contributed by atoms with Crippen molar-refractivity contribution in [3.8, 4) is 12.3 Å². The quantitative estimate of drug-likeness (QED) is 0.331. The number of carbonyl (C=O) groups excluding carboxylic acids is 1. The lowest BCUT2D eigenvalue weighted by Crippen LogP contribution is -2.28. The number of ether oxygens (including phenoxy) is 1. The molecule has 0 bridgehead atoms. The number of rotatable bonds is 7. The van der Waals surface area contributed by atoms with Gasteiger partial charge in [0.2, 0.25) is 10.0 Å². The largest absolute Gasteiger partial charge is 0.465 e. The number of nitrogen functional groups attached to an aromatic ring is 1. The lowest BCUT2D eigenvalue weighted by Gasteiger charge is -2.10. The molecule has 1 rings (SSSR count). The summed E-state index contributed by atoms with van der Waals surface area (Å²) >= 11 is 1.43. The molecule has 3 N–H and O–H groups in total. The van der Waals surface area contributed by atoms with Crippen molar-refractivity contribution in [2.24, 2.45) is 0 Å². The maximum atomic E-state index is 12.2. The predicted octanol–water partition coefficient (Wildman–Crippen LogP) is 0.700. The molecule has 0 heterocycles. The first-order valence-corrected chi connectivity index (χ1v) is 8.55. The Balaban J connectivity index is 2.93. The van der Waals surface area contributed by atoms with Crippen molar-refractivity contribution in [2.45, 2.75) is 4.90 Å². The van der Waals surface area contributed by atoms with E-state index in [0.717, 1.165) is 0 Å². The monoisotopic (exact) mass is 328 g/mol. The summed E-state index contributed by atoms with van der Waals surface area (Å²) in [4.78, 5) is 11.5. The molecule has 1 aromatic rings. The molecule has 0 saturated carbocycles. The average Bonchev–Trinajstić information content (AvgIpc) is 2.45. The summed E-state index contributed by atoms with van der Waals surface area (Å²) in [5.74, 6) is 2.73. The van der Waals surface area contributed by atoms with Crippen molar-refractivity contribution in [1.82, 2.24) is 4.72 Å². The number of esters is 1. The molecule has 6 nitrogen and oxygen atoms in total. The van der Waals surface area contributed by atoms with Gasteiger partial charge in [-0.3, -0.25) is 0 Å². The Labute approximate surface area is 128 Å². The summed E-state index contributed by atoms with van der Waals surface area (Å²) < 4.78 is 31.4. The number of nitrogens with one attached hydrogen (secondary N) is 1. The number of benzene rings is 1. The molecule has 0 aliphatic carbocycles. The zero-order valence-electron chi connectivity index (χ0n) is 11.5. The van der Waals surface area contributed by atoms with Gasteiger partial charge in [0.15, 0.2) is 0 Å². The number of methoxy groups -OCH3 is 1. The predicted molar refractivity (Wildman–Crippen MR) is 83.5 cm³/mol. The highest BCUT2D eigenvalue weighted by atomic mass is 32.2. The van der Waals surface area contributed by atoms with Crippen LogP contribution in [0.25, 0.3) is 0 Å². The summed E-state index contributed by atoms with van der Waals surface area (Å²) in [6.07, 6.45) is 5.10. The van der Waals surface area contributed by atoms with E-state index in [-0.39, 0.29) is 22.7 Å². The first-order valence-electron chi connectivity index (χ1n) is 5.91. The molecule has 0 aliphatic heterocycles. The highest BCUT2D eigenvalue weighted by molar-refractivity contribution is 7.99. The summed E-state index contributed by atoms with van der Waals surface area (Å²) in [7, 11) is -2.65. The molecule has 0 atom stereocenters. The normalized spacial score (nSPS) is 10.9. The SMILES string of the molecule is C#CCSCCNS(=O)(=O)c1ccc(N)cc1C(=O)OC. The maximum absolute atomic E-state index is 12.2. The standard InChI is InChI=1S/C13H16N2O4S2/c1-3-7-20-8-6-15-21(17,18)12-5-4-10(14)9-11(12)13(16)19-2/h1,4-5,9,15H,6-8,14H2,2H3. The van der Waals surface area contributed by atoms with Gasteiger partial charge in [0, 0.05) is 18.0 Å². The number of anilines is 1. The van der Waals surface area contributed by atoms with Crippen LogP contribution in [-0.4, -0.2) is 39.5 Å². The molecule has 0 fully saturated rings. The van der Waals surface area contributed by atoms with E-state index in [4.69, 9.17) is 12.2 Å². The fraction of sp³-hybridized carbons (Fsp3) is 0.308. The lowest BCUT2D eigenvalue weighted by atomic mass is 10.2. The molecule has 8 heteroatoms. The van der Waals surface area contributed by atoms with Crippen molar-refractivity contribution in [3.05, 3.63) is 23.8 Å². The third kappa shape index (κ3) is 4.97. The van der Waals surface area contributed by atoms with Crippen molar-refractivity contribution < 1.29 is 17.9 Å². The Hall–Kier alpha value is -1.69. The van der Waals surface area contributed by atoms with Gasteiger partial charge in [-0.05, 0) is 18.2 Å². The smallest absolute Gasteiger partial charge is 0.339 e. The minimum atomic E-state index is -3.82. The summed E-state index contributed by atoms with van der Waals surface area (Å²) in [5, 5.41) is 0. The first kappa shape index (κ1) is 17.4. The van der Waals surface area contributed by atoms with Crippen LogP contribution >= 0.6 is 11.8 Å². The molecule has 0 aromatic heterocycles. The van der Waals surface area contributed by atoms with Crippen LogP contribution in [0.1, 0.15) is 10.4 Å². The molecule has 1 aromatic carbocycles. The summed E-state index contributed by atoms with van der Waals surface area (Å²) in [6.45, 7) is 0.208. The number of sulfonamides is 1. The Morgan fingerprint density at radius 1 is 1.52 bits per heavy atom. The van der Waals surface area contributed by atoms with Gasteiger partial charge < -0.3 is 10.5 Å². The van der Waals surface area contributed by atoms with Gasteiger partial charge in [0.05, 0.1) is 23.3 Å². The van der Waals surface area contributed by atoms with Crippen LogP contribution in [0, 0.1) is 12.3 Å². The molecule has 0 amide bonds. The van der Waals surface area contributed by atoms with Crippen LogP contribution < -0.4 is 10.5 Å².